The largest absolute Gasteiger partial charge is 0.497 e. The smallest absolute Gasteiger partial charge is 0.191 e. The summed E-state index contributed by atoms with van der Waals surface area (Å²) < 4.78 is 5.18. The summed E-state index contributed by atoms with van der Waals surface area (Å²) in [5.74, 6) is 2.54. The zero-order chi connectivity index (χ0) is 15.2. The molecular weight excluding hydrogens is 284 g/mol. The van der Waals surface area contributed by atoms with Crippen LogP contribution >= 0.6 is 11.8 Å². The summed E-state index contributed by atoms with van der Waals surface area (Å²) in [5, 5.41) is 3.99. The van der Waals surface area contributed by atoms with Gasteiger partial charge in [-0.3, -0.25) is 0 Å². The molecular formula is C15H20N4OS. The van der Waals surface area contributed by atoms with E-state index in [1.54, 1.807) is 7.11 Å². The summed E-state index contributed by atoms with van der Waals surface area (Å²) in [7, 11) is 3.65. The number of anilines is 3. The van der Waals surface area contributed by atoms with Gasteiger partial charge in [0.2, 0.25) is 0 Å². The van der Waals surface area contributed by atoms with Gasteiger partial charge in [0.25, 0.3) is 0 Å². The third-order valence-corrected chi connectivity index (χ3v) is 3.58. The van der Waals surface area contributed by atoms with E-state index in [0.29, 0.717) is 0 Å². The molecule has 6 heteroatoms. The lowest BCUT2D eigenvalue weighted by molar-refractivity contribution is 0.415. The maximum absolute atomic E-state index is 5.18. The first-order valence-electron chi connectivity index (χ1n) is 6.72. The van der Waals surface area contributed by atoms with Crippen molar-refractivity contribution in [2.45, 2.75) is 12.1 Å². The van der Waals surface area contributed by atoms with Crippen LogP contribution in [0.15, 0.2) is 35.5 Å². The average molecular weight is 304 g/mol. The van der Waals surface area contributed by atoms with Crippen LogP contribution in [0, 0.1) is 0 Å². The standard InChI is InChI=1S/C15H20N4OS/c1-5-16-13-10-14(18-15(17-13)21-4)19(2)11-6-8-12(20-3)9-7-11/h6-10H,5H2,1-4H3,(H,16,17,18). The Labute approximate surface area is 129 Å². The van der Waals surface area contributed by atoms with Gasteiger partial charge in [-0.25, -0.2) is 9.97 Å². The summed E-state index contributed by atoms with van der Waals surface area (Å²) >= 11 is 1.53. The zero-order valence-electron chi connectivity index (χ0n) is 12.8. The van der Waals surface area contributed by atoms with E-state index in [9.17, 15) is 0 Å². The molecule has 0 aliphatic heterocycles. The number of hydrogen-bond acceptors (Lipinski definition) is 6. The number of aromatic nitrogens is 2. The van der Waals surface area contributed by atoms with Gasteiger partial charge in [0.05, 0.1) is 7.11 Å². The molecule has 0 atom stereocenters. The van der Waals surface area contributed by atoms with Crippen LogP contribution in [0.5, 0.6) is 5.75 Å². The van der Waals surface area contributed by atoms with Crippen LogP contribution in [0.25, 0.3) is 0 Å². The van der Waals surface area contributed by atoms with Crippen LogP contribution in [0.2, 0.25) is 0 Å². The van der Waals surface area contributed by atoms with Crippen LogP contribution in [0.4, 0.5) is 17.3 Å². The van der Waals surface area contributed by atoms with Crippen LogP contribution in [0.3, 0.4) is 0 Å². The fraction of sp³-hybridized carbons (Fsp3) is 0.333. The number of nitrogens with zero attached hydrogens (tertiary/aromatic N) is 3. The number of rotatable bonds is 6. The highest BCUT2D eigenvalue weighted by Gasteiger charge is 2.10. The second-order valence-corrected chi connectivity index (χ2v) is 5.16. The predicted octanol–water partition coefficient (Wildman–Crippen LogP) is 3.41. The molecule has 0 bridgehead atoms. The highest BCUT2D eigenvalue weighted by atomic mass is 32.2. The average Bonchev–Trinajstić information content (AvgIpc) is 2.54. The Bertz CT molecular complexity index is 589. The van der Waals surface area contributed by atoms with E-state index in [2.05, 4.69) is 15.3 Å². The van der Waals surface area contributed by atoms with Crippen LogP contribution < -0.4 is 15.0 Å². The van der Waals surface area contributed by atoms with Crippen molar-refractivity contribution < 1.29 is 4.74 Å². The van der Waals surface area contributed by atoms with Gasteiger partial charge >= 0.3 is 0 Å². The number of benzene rings is 1. The molecule has 1 aromatic heterocycles. The number of nitrogens with one attached hydrogen (secondary N) is 1. The Hall–Kier alpha value is -1.95. The molecule has 1 heterocycles. The Kier molecular flexibility index (Phi) is 5.27. The van der Waals surface area contributed by atoms with E-state index in [0.717, 1.165) is 34.8 Å². The zero-order valence-corrected chi connectivity index (χ0v) is 13.6. The van der Waals surface area contributed by atoms with Gasteiger partial charge < -0.3 is 15.0 Å². The topological polar surface area (TPSA) is 50.3 Å². The number of ether oxygens (including phenoxy) is 1. The van der Waals surface area contributed by atoms with Gasteiger partial charge in [-0.2, -0.15) is 0 Å². The van der Waals surface area contributed by atoms with Gasteiger partial charge in [-0.05, 0) is 37.4 Å². The van der Waals surface area contributed by atoms with Crippen LogP contribution in [-0.2, 0) is 0 Å². The molecule has 0 saturated heterocycles. The Morgan fingerprint density at radius 1 is 1.24 bits per heavy atom. The second kappa shape index (κ2) is 7.17. The third kappa shape index (κ3) is 3.78. The Morgan fingerprint density at radius 3 is 2.52 bits per heavy atom. The van der Waals surface area contributed by atoms with Crippen molar-refractivity contribution in [3.63, 3.8) is 0 Å². The van der Waals surface area contributed by atoms with Gasteiger partial charge in [0, 0.05) is 25.3 Å². The van der Waals surface area contributed by atoms with Gasteiger partial charge in [-0.15, -0.1) is 0 Å². The molecule has 0 amide bonds. The van der Waals surface area contributed by atoms with Crippen LogP contribution in [0.1, 0.15) is 6.92 Å². The highest BCUT2D eigenvalue weighted by molar-refractivity contribution is 7.98. The van der Waals surface area contributed by atoms with Crippen LogP contribution in [-0.4, -0.2) is 36.9 Å². The SMILES string of the molecule is CCNc1cc(N(C)c2ccc(OC)cc2)nc(SC)n1. The molecule has 0 fully saturated rings. The van der Waals surface area contributed by atoms with Crippen molar-refractivity contribution in [2.75, 3.05) is 37.2 Å². The van der Waals surface area contributed by atoms with Crippen molar-refractivity contribution in [1.29, 1.82) is 0 Å². The van der Waals surface area contributed by atoms with E-state index in [4.69, 9.17) is 4.74 Å². The fourth-order valence-electron chi connectivity index (χ4n) is 1.89. The normalized spacial score (nSPS) is 10.3. The molecule has 0 spiro atoms. The van der Waals surface area contributed by atoms with E-state index in [-0.39, 0.29) is 0 Å². The van der Waals surface area contributed by atoms with Gasteiger partial charge in [0.15, 0.2) is 5.16 Å². The minimum Gasteiger partial charge on any atom is -0.497 e. The molecule has 2 rings (SSSR count). The van der Waals surface area contributed by atoms with E-state index < -0.39 is 0 Å². The minimum absolute atomic E-state index is 0.754. The van der Waals surface area contributed by atoms with E-state index in [1.165, 1.54) is 11.8 Å². The molecule has 2 aromatic rings. The quantitative estimate of drug-likeness (QED) is 0.652. The summed E-state index contributed by atoms with van der Waals surface area (Å²) in [6, 6.07) is 9.84. The summed E-state index contributed by atoms with van der Waals surface area (Å²) in [4.78, 5) is 11.0. The second-order valence-electron chi connectivity index (χ2n) is 4.39. The number of methoxy groups -OCH3 is 1. The monoisotopic (exact) mass is 304 g/mol. The predicted molar refractivity (Wildman–Crippen MR) is 89.0 cm³/mol. The molecule has 0 aliphatic rings. The molecule has 21 heavy (non-hydrogen) atoms. The van der Waals surface area contributed by atoms with Crippen molar-refractivity contribution in [2.24, 2.45) is 0 Å². The molecule has 1 N–H and O–H groups in total. The summed E-state index contributed by atoms with van der Waals surface area (Å²) in [5.41, 5.74) is 1.05. The molecule has 1 aromatic carbocycles. The lowest BCUT2D eigenvalue weighted by Gasteiger charge is -2.20. The van der Waals surface area contributed by atoms with E-state index in [1.807, 2.05) is 55.5 Å². The summed E-state index contributed by atoms with van der Waals surface area (Å²) in [6.07, 6.45) is 1.97. The fourth-order valence-corrected chi connectivity index (χ4v) is 2.26. The van der Waals surface area contributed by atoms with Crippen molar-refractivity contribution in [3.8, 4) is 5.75 Å². The molecule has 0 aliphatic carbocycles. The summed E-state index contributed by atoms with van der Waals surface area (Å²) in [6.45, 7) is 2.88. The van der Waals surface area contributed by atoms with Gasteiger partial charge in [-0.1, -0.05) is 11.8 Å². The molecule has 0 saturated carbocycles. The Morgan fingerprint density at radius 2 is 1.95 bits per heavy atom. The van der Waals surface area contributed by atoms with Gasteiger partial charge in [0.1, 0.15) is 17.4 Å². The molecule has 0 unspecified atom stereocenters. The maximum atomic E-state index is 5.18. The third-order valence-electron chi connectivity index (χ3n) is 3.04. The number of thioether (sulfide) groups is 1. The minimum atomic E-state index is 0.754. The molecule has 5 nitrogen and oxygen atoms in total. The maximum Gasteiger partial charge on any atom is 0.191 e. The Balaban J connectivity index is 2.31. The first kappa shape index (κ1) is 15.4. The lowest BCUT2D eigenvalue weighted by Crippen LogP contribution is -2.13. The first-order valence-corrected chi connectivity index (χ1v) is 7.95. The number of hydrogen-bond donors (Lipinski definition) is 1. The lowest BCUT2D eigenvalue weighted by atomic mass is 10.3. The van der Waals surface area contributed by atoms with Crippen molar-refractivity contribution >= 4 is 29.1 Å². The highest BCUT2D eigenvalue weighted by Crippen LogP contribution is 2.27. The first-order chi connectivity index (χ1) is 10.2. The molecule has 112 valence electrons. The molecule has 0 radical (unpaired) electrons. The van der Waals surface area contributed by atoms with Crippen molar-refractivity contribution in [3.05, 3.63) is 30.3 Å². The van der Waals surface area contributed by atoms with E-state index >= 15 is 0 Å². The van der Waals surface area contributed by atoms with Crippen molar-refractivity contribution in [1.82, 2.24) is 9.97 Å².